The van der Waals surface area contributed by atoms with Gasteiger partial charge in [-0.3, -0.25) is 28.4 Å². The van der Waals surface area contributed by atoms with Crippen LogP contribution in [0.4, 0.5) is 22.7 Å². The molecule has 0 saturated carbocycles. The molecule has 0 bridgehead atoms. The van der Waals surface area contributed by atoms with E-state index >= 15 is 0 Å². The second-order valence-electron chi connectivity index (χ2n) is 13.3. The third kappa shape index (κ3) is 8.86. The van der Waals surface area contributed by atoms with Crippen molar-refractivity contribution < 1.29 is 61.8 Å². The Kier molecular flexibility index (Phi) is 11.7. The van der Waals surface area contributed by atoms with Gasteiger partial charge in [-0.15, -0.1) is 5.11 Å². The van der Waals surface area contributed by atoms with Gasteiger partial charge < -0.3 is 10.8 Å². The third-order valence-corrected chi connectivity index (χ3v) is 12.7. The first-order valence-corrected chi connectivity index (χ1v) is 22.1. The summed E-state index contributed by atoms with van der Waals surface area (Å²) in [6.45, 7) is 4.78. The zero-order valence-electron chi connectivity index (χ0n) is 30.0. The number of carbonyl (C=O) groups excluding carboxylic acids is 1. The van der Waals surface area contributed by atoms with Crippen molar-refractivity contribution in [3.8, 4) is 16.9 Å². The van der Waals surface area contributed by atoms with Gasteiger partial charge in [0.05, 0.1) is 27.1 Å². The van der Waals surface area contributed by atoms with Crippen molar-refractivity contribution in [1.82, 2.24) is 0 Å². The predicted octanol–water partition coefficient (Wildman–Crippen LogP) is 6.04. The molecule has 0 aliphatic heterocycles. The maximum Gasteiger partial charge on any atom is 0.296 e. The smallest absolute Gasteiger partial charge is 0.296 e. The molecule has 4 aromatic rings. The number of Topliss-reactive ketones (excluding diaryl/α,β-unsaturated/α-hetero) is 1. The maximum atomic E-state index is 13.5. The van der Waals surface area contributed by atoms with Crippen molar-refractivity contribution in [2.75, 3.05) is 11.2 Å². The van der Waals surface area contributed by atoms with Gasteiger partial charge in [-0.1, -0.05) is 37.3 Å². The van der Waals surface area contributed by atoms with Crippen LogP contribution in [0.15, 0.2) is 113 Å². The topological polar surface area (TPSA) is 330 Å². The number of nitrogen functional groups attached to an aromatic ring is 1. The largest absolute Gasteiger partial charge is 0.505 e. The minimum atomic E-state index is -5.08. The second-order valence-corrected chi connectivity index (χ2v) is 18.9. The molecule has 2 unspecified atom stereocenters. The Morgan fingerprint density at radius 3 is 1.92 bits per heavy atom. The molecule has 2 aliphatic carbocycles. The molecule has 6 rings (SSSR count). The summed E-state index contributed by atoms with van der Waals surface area (Å²) in [6.07, 6.45) is 3.09. The van der Waals surface area contributed by atoms with Gasteiger partial charge in [-0.25, -0.2) is 0 Å². The number of benzene rings is 4. The molecule has 2 aliphatic rings. The first kappa shape index (κ1) is 44.4. The standard InChI is InChI=1S/C35H31N5O14S4.CH4/c1-16-8-19(4-6-26(16)37-39-32-28(57(49,50)51)13-21-11-23(55(43,44)45)10-18(3)30(21)34(32)41)20-5-7-27(17(2)9-20)38-40-33-29(58(52,53)54)14-22-12-24(56(46,47)48)15-25(36)31(22)35(33)42;/h4-15,21,30,37,42H,36H2,1-3H3,(H,43,44,45)(H,46,47,48)(H,49,50,51)(H,52,53,54);1H4. The number of aryl methyl sites for hydroxylation is 2. The SMILES string of the molecule is C.CC1=CC(S(=O)(=O)O)=CC2C=C(S(=O)(=O)O)C(=NNc3ccc(-c4ccc(N=Nc5c(S(=O)(=O)O)cc6cc(S(=O)(=O)O)cc(N)c6c5O)c(C)c4)cc3C)C(=O)C12. The average Bonchev–Trinajstić information content (AvgIpc) is 3.09. The Bertz CT molecular complexity index is 3120. The first-order chi connectivity index (χ1) is 26.8. The van der Waals surface area contributed by atoms with Crippen LogP contribution >= 0.6 is 0 Å². The van der Waals surface area contributed by atoms with Crippen molar-refractivity contribution >= 4 is 85.5 Å². The van der Waals surface area contributed by atoms with Gasteiger partial charge in [0.1, 0.15) is 21.2 Å². The van der Waals surface area contributed by atoms with Gasteiger partial charge in [-0.2, -0.15) is 43.9 Å². The number of azo groups is 1. The highest BCUT2D eigenvalue weighted by atomic mass is 32.2. The minimum Gasteiger partial charge on any atom is -0.505 e. The molecule has 312 valence electrons. The van der Waals surface area contributed by atoms with Gasteiger partial charge in [0.15, 0.2) is 11.5 Å². The van der Waals surface area contributed by atoms with E-state index in [2.05, 4.69) is 20.8 Å². The summed E-state index contributed by atoms with van der Waals surface area (Å²) in [5.74, 6) is -3.84. The summed E-state index contributed by atoms with van der Waals surface area (Å²) in [6, 6.07) is 12.4. The number of hydrazone groups is 1. The molecule has 2 atom stereocenters. The molecule has 0 spiro atoms. The van der Waals surface area contributed by atoms with E-state index in [1.165, 1.54) is 13.0 Å². The molecule has 59 heavy (non-hydrogen) atoms. The molecular formula is C36H35N5O14S4. The van der Waals surface area contributed by atoms with E-state index in [9.17, 15) is 61.8 Å². The van der Waals surface area contributed by atoms with E-state index < -0.39 is 94.8 Å². The van der Waals surface area contributed by atoms with Gasteiger partial charge in [-0.05, 0) is 97.0 Å². The molecule has 19 nitrogen and oxygen atoms in total. The fourth-order valence-electron chi connectivity index (χ4n) is 6.55. The molecule has 8 N–H and O–H groups in total. The van der Waals surface area contributed by atoms with Crippen LogP contribution in [0, 0.1) is 25.7 Å². The Morgan fingerprint density at radius 1 is 0.729 bits per heavy atom. The summed E-state index contributed by atoms with van der Waals surface area (Å²) in [5.41, 5.74) is 10.1. The Labute approximate surface area is 338 Å². The van der Waals surface area contributed by atoms with Crippen molar-refractivity contribution in [3.63, 3.8) is 0 Å². The number of hydrogen-bond acceptors (Lipinski definition) is 15. The predicted molar refractivity (Wildman–Crippen MR) is 218 cm³/mol. The highest BCUT2D eigenvalue weighted by Crippen LogP contribution is 2.45. The van der Waals surface area contributed by atoms with Crippen LogP contribution in [-0.4, -0.2) is 68.5 Å². The van der Waals surface area contributed by atoms with Crippen molar-refractivity contribution in [3.05, 3.63) is 99.3 Å². The number of fused-ring (bicyclic) bond motifs is 2. The van der Waals surface area contributed by atoms with Crippen LogP contribution in [0.2, 0.25) is 0 Å². The summed E-state index contributed by atoms with van der Waals surface area (Å²) in [4.78, 5) is 10.5. The fraction of sp³-hybridized carbons (Fsp3) is 0.167. The normalized spacial score (nSPS) is 18.3. The summed E-state index contributed by atoms with van der Waals surface area (Å²) in [7, 11) is -19.6. The number of hydrogen-bond donors (Lipinski definition) is 7. The fourth-order valence-corrected chi connectivity index (χ4v) is 9.14. The van der Waals surface area contributed by atoms with Gasteiger partial charge in [0, 0.05) is 17.0 Å². The van der Waals surface area contributed by atoms with E-state index in [1.807, 2.05) is 0 Å². The van der Waals surface area contributed by atoms with E-state index in [4.69, 9.17) is 5.73 Å². The first-order valence-electron chi connectivity index (χ1n) is 16.4. The maximum absolute atomic E-state index is 13.5. The van der Waals surface area contributed by atoms with Crippen LogP contribution in [0.5, 0.6) is 5.75 Å². The molecular weight excluding hydrogens is 855 g/mol. The summed E-state index contributed by atoms with van der Waals surface area (Å²) >= 11 is 0. The second kappa shape index (κ2) is 15.5. The Morgan fingerprint density at radius 2 is 1.36 bits per heavy atom. The van der Waals surface area contributed by atoms with Crippen LogP contribution in [-0.2, 0) is 45.3 Å². The van der Waals surface area contributed by atoms with E-state index in [-0.39, 0.29) is 35.1 Å². The molecule has 0 fully saturated rings. The van der Waals surface area contributed by atoms with Crippen LogP contribution in [0.1, 0.15) is 25.5 Å². The molecule has 0 radical (unpaired) electrons. The molecule has 23 heteroatoms. The minimum absolute atomic E-state index is 0. The van der Waals surface area contributed by atoms with Crippen LogP contribution in [0.3, 0.4) is 0 Å². The zero-order valence-corrected chi connectivity index (χ0v) is 33.3. The lowest BCUT2D eigenvalue weighted by Gasteiger charge is -2.30. The lowest BCUT2D eigenvalue weighted by atomic mass is 9.75. The molecule has 0 saturated heterocycles. The number of carbonyl (C=O) groups is 1. The number of ketones is 1. The number of allylic oxidation sites excluding steroid dienone is 5. The van der Waals surface area contributed by atoms with Crippen molar-refractivity contribution in [1.29, 1.82) is 0 Å². The quantitative estimate of drug-likeness (QED) is 0.0436. The number of phenolic OH excluding ortho intramolecular Hbond substituents is 1. The third-order valence-electron chi connectivity index (χ3n) is 9.30. The highest BCUT2D eigenvalue weighted by molar-refractivity contribution is 7.91. The number of nitrogens with one attached hydrogen (secondary N) is 1. The number of nitrogens with zero attached hydrogens (tertiary/aromatic N) is 3. The number of rotatable bonds is 9. The van der Waals surface area contributed by atoms with E-state index in [1.54, 1.807) is 44.2 Å². The summed E-state index contributed by atoms with van der Waals surface area (Å²) < 4.78 is 135. The number of aromatic hydroxyl groups is 1. The molecule has 0 amide bonds. The van der Waals surface area contributed by atoms with Gasteiger partial charge in [0.2, 0.25) is 0 Å². The number of phenols is 1. The molecule has 4 aromatic carbocycles. The Balaban J connectivity index is 0.00000661. The highest BCUT2D eigenvalue weighted by Gasteiger charge is 2.43. The van der Waals surface area contributed by atoms with E-state index in [0.29, 0.717) is 27.9 Å². The number of nitrogens with two attached hydrogens (primary N) is 1. The van der Waals surface area contributed by atoms with Crippen molar-refractivity contribution in [2.24, 2.45) is 27.2 Å². The lowest BCUT2D eigenvalue weighted by Crippen LogP contribution is -2.39. The van der Waals surface area contributed by atoms with Gasteiger partial charge in [0.25, 0.3) is 40.5 Å². The zero-order chi connectivity index (χ0) is 42.9. The Hall–Kier alpha value is -5.66. The monoisotopic (exact) mass is 889 g/mol. The molecule has 0 aromatic heterocycles. The lowest BCUT2D eigenvalue weighted by molar-refractivity contribution is -0.116. The average molecular weight is 890 g/mol. The molecule has 0 heterocycles. The summed E-state index contributed by atoms with van der Waals surface area (Å²) in [5, 5.41) is 22.5. The van der Waals surface area contributed by atoms with E-state index in [0.717, 1.165) is 36.4 Å². The van der Waals surface area contributed by atoms with Crippen LogP contribution in [0.25, 0.3) is 21.9 Å². The van der Waals surface area contributed by atoms with Crippen molar-refractivity contribution in [2.45, 2.75) is 38.0 Å². The number of anilines is 2. The van der Waals surface area contributed by atoms with Gasteiger partial charge >= 0.3 is 0 Å². The van der Waals surface area contributed by atoms with Crippen LogP contribution < -0.4 is 11.2 Å².